The Kier molecular flexibility index (Phi) is 4.97. The van der Waals surface area contributed by atoms with Crippen LogP contribution >= 0.6 is 0 Å². The molecule has 2 amide bonds. The third-order valence-electron chi connectivity index (χ3n) is 4.49. The van der Waals surface area contributed by atoms with Crippen LogP contribution in [-0.4, -0.2) is 34.3 Å². The maximum atomic E-state index is 12.7. The fraction of sp³-hybridized carbons (Fsp3) is 0.316. The molecule has 3 rings (SSSR count). The number of amides is 2. The summed E-state index contributed by atoms with van der Waals surface area (Å²) in [5.41, 5.74) is 5.87. The Bertz CT molecular complexity index is 746. The Balaban J connectivity index is 1.70. The van der Waals surface area contributed by atoms with E-state index in [-0.39, 0.29) is 23.8 Å². The second kappa shape index (κ2) is 7.34. The normalized spacial score (nSPS) is 20.1. The molecule has 1 aromatic carbocycles. The summed E-state index contributed by atoms with van der Waals surface area (Å²) in [5, 5.41) is 0. The predicted octanol–water partition coefficient (Wildman–Crippen LogP) is 2.60. The molecular formula is C19H21N3O3. The van der Waals surface area contributed by atoms with Crippen molar-refractivity contribution in [1.82, 2.24) is 9.88 Å². The van der Waals surface area contributed by atoms with Crippen LogP contribution in [0.3, 0.4) is 0 Å². The molecule has 2 N–H and O–H groups in total. The molecule has 0 radical (unpaired) electrons. The van der Waals surface area contributed by atoms with Crippen LogP contribution in [0.4, 0.5) is 0 Å². The van der Waals surface area contributed by atoms with Gasteiger partial charge in [-0.2, -0.15) is 0 Å². The summed E-state index contributed by atoms with van der Waals surface area (Å²) in [6, 6.07) is 12.7. The lowest BCUT2D eigenvalue weighted by atomic mass is 9.92. The van der Waals surface area contributed by atoms with Gasteiger partial charge < -0.3 is 15.4 Å². The first-order chi connectivity index (χ1) is 12.0. The van der Waals surface area contributed by atoms with Crippen LogP contribution in [0.5, 0.6) is 11.6 Å². The number of benzene rings is 1. The van der Waals surface area contributed by atoms with Crippen LogP contribution in [0.1, 0.15) is 30.1 Å². The second-order valence-electron chi connectivity index (χ2n) is 6.28. The fourth-order valence-corrected chi connectivity index (χ4v) is 2.96. The number of nitrogens with two attached hydrogens (primary N) is 1. The number of ether oxygens (including phenoxy) is 1. The summed E-state index contributed by atoms with van der Waals surface area (Å²) in [6.45, 7) is 2.34. The van der Waals surface area contributed by atoms with Gasteiger partial charge in [0.1, 0.15) is 5.75 Å². The summed E-state index contributed by atoms with van der Waals surface area (Å²) in [4.78, 5) is 30.1. The summed E-state index contributed by atoms with van der Waals surface area (Å²) in [5.74, 6) is 0.327. The van der Waals surface area contributed by atoms with Gasteiger partial charge in [0.15, 0.2) is 0 Å². The highest BCUT2D eigenvalue weighted by Gasteiger charge is 2.32. The Morgan fingerprint density at radius 2 is 1.92 bits per heavy atom. The number of carbonyl (C=O) groups excluding carboxylic acids is 2. The minimum Gasteiger partial charge on any atom is -0.439 e. The van der Waals surface area contributed by atoms with Gasteiger partial charge in [-0.1, -0.05) is 18.2 Å². The Hall–Kier alpha value is -2.89. The van der Waals surface area contributed by atoms with E-state index in [0.717, 1.165) is 12.8 Å². The first-order valence-electron chi connectivity index (χ1n) is 8.34. The van der Waals surface area contributed by atoms with Gasteiger partial charge in [0.05, 0.1) is 11.5 Å². The van der Waals surface area contributed by atoms with Crippen molar-refractivity contribution in [1.29, 1.82) is 0 Å². The third kappa shape index (κ3) is 3.96. The minimum atomic E-state index is -0.352. The molecule has 1 fully saturated rings. The average Bonchev–Trinajstić information content (AvgIpc) is 2.63. The summed E-state index contributed by atoms with van der Waals surface area (Å²) >= 11 is 0. The fourth-order valence-electron chi connectivity index (χ4n) is 2.96. The molecule has 130 valence electrons. The molecule has 1 aliphatic rings. The van der Waals surface area contributed by atoms with Crippen LogP contribution in [-0.2, 0) is 4.79 Å². The van der Waals surface area contributed by atoms with Crippen molar-refractivity contribution in [2.75, 3.05) is 6.54 Å². The lowest BCUT2D eigenvalue weighted by Crippen LogP contribution is -2.48. The van der Waals surface area contributed by atoms with Crippen molar-refractivity contribution in [3.05, 3.63) is 54.2 Å². The molecule has 2 aromatic rings. The summed E-state index contributed by atoms with van der Waals surface area (Å²) in [6.07, 6.45) is 2.99. The molecule has 6 nitrogen and oxygen atoms in total. The van der Waals surface area contributed by atoms with Gasteiger partial charge in [0, 0.05) is 24.8 Å². The topological polar surface area (TPSA) is 85.5 Å². The van der Waals surface area contributed by atoms with E-state index in [2.05, 4.69) is 4.98 Å². The molecule has 25 heavy (non-hydrogen) atoms. The predicted molar refractivity (Wildman–Crippen MR) is 93.2 cm³/mol. The second-order valence-corrected chi connectivity index (χ2v) is 6.28. The Morgan fingerprint density at radius 3 is 2.56 bits per heavy atom. The molecule has 2 atom stereocenters. The lowest BCUT2D eigenvalue weighted by Gasteiger charge is -2.36. The van der Waals surface area contributed by atoms with Gasteiger partial charge in [-0.05, 0) is 38.0 Å². The largest absolute Gasteiger partial charge is 0.439 e. The molecule has 2 heterocycles. The zero-order valence-corrected chi connectivity index (χ0v) is 14.1. The highest BCUT2D eigenvalue weighted by atomic mass is 16.5. The number of hydrogen-bond donors (Lipinski definition) is 1. The standard InChI is InChI=1S/C19H21N3O3/c1-13-7-8-15(18(20)23)12-22(13)19(24)14-9-10-17(21-11-14)25-16-5-3-2-4-6-16/h2-6,9-11,13,15H,7-8,12H2,1H3,(H2,20,23)/t13-,15+/m1/s1. The molecule has 0 unspecified atom stereocenters. The first kappa shape index (κ1) is 17.0. The van der Waals surface area contributed by atoms with E-state index in [1.165, 1.54) is 6.20 Å². The van der Waals surface area contributed by atoms with E-state index < -0.39 is 0 Å². The molecule has 1 saturated heterocycles. The van der Waals surface area contributed by atoms with Crippen molar-refractivity contribution in [3.63, 3.8) is 0 Å². The van der Waals surface area contributed by atoms with Gasteiger partial charge in [-0.25, -0.2) is 4.98 Å². The van der Waals surface area contributed by atoms with Crippen LogP contribution in [0, 0.1) is 5.92 Å². The minimum absolute atomic E-state index is 0.0725. The van der Waals surface area contributed by atoms with Gasteiger partial charge in [-0.15, -0.1) is 0 Å². The summed E-state index contributed by atoms with van der Waals surface area (Å²) in [7, 11) is 0. The highest BCUT2D eigenvalue weighted by Crippen LogP contribution is 2.24. The highest BCUT2D eigenvalue weighted by molar-refractivity contribution is 5.94. The van der Waals surface area contributed by atoms with Crippen molar-refractivity contribution in [2.24, 2.45) is 11.7 Å². The molecular weight excluding hydrogens is 318 g/mol. The Labute approximate surface area is 146 Å². The van der Waals surface area contributed by atoms with E-state index in [1.54, 1.807) is 17.0 Å². The SMILES string of the molecule is C[C@@H]1CC[C@H](C(N)=O)CN1C(=O)c1ccc(Oc2ccccc2)nc1. The molecule has 0 aliphatic carbocycles. The lowest BCUT2D eigenvalue weighted by molar-refractivity contribution is -0.123. The number of rotatable bonds is 4. The van der Waals surface area contributed by atoms with E-state index in [0.29, 0.717) is 23.7 Å². The average molecular weight is 339 g/mol. The number of piperidine rings is 1. The molecule has 1 aromatic heterocycles. The first-order valence-corrected chi connectivity index (χ1v) is 8.34. The number of pyridine rings is 1. The van der Waals surface area contributed by atoms with E-state index in [1.807, 2.05) is 37.3 Å². The number of para-hydroxylation sites is 1. The molecule has 0 saturated carbocycles. The molecule has 0 spiro atoms. The number of likely N-dealkylation sites (tertiary alicyclic amines) is 1. The van der Waals surface area contributed by atoms with Crippen LogP contribution in [0.15, 0.2) is 48.7 Å². The number of aromatic nitrogens is 1. The van der Waals surface area contributed by atoms with Gasteiger partial charge in [0.25, 0.3) is 5.91 Å². The van der Waals surface area contributed by atoms with Gasteiger partial charge in [0.2, 0.25) is 11.8 Å². The van der Waals surface area contributed by atoms with Crippen molar-refractivity contribution >= 4 is 11.8 Å². The maximum absolute atomic E-state index is 12.7. The Morgan fingerprint density at radius 1 is 1.16 bits per heavy atom. The number of hydrogen-bond acceptors (Lipinski definition) is 4. The van der Waals surface area contributed by atoms with Gasteiger partial charge in [-0.3, -0.25) is 9.59 Å². The monoisotopic (exact) mass is 339 g/mol. The van der Waals surface area contributed by atoms with E-state index in [9.17, 15) is 9.59 Å². The van der Waals surface area contributed by atoms with Crippen LogP contribution in [0.2, 0.25) is 0 Å². The van der Waals surface area contributed by atoms with Crippen LogP contribution < -0.4 is 10.5 Å². The van der Waals surface area contributed by atoms with Crippen molar-refractivity contribution in [2.45, 2.75) is 25.8 Å². The molecule has 6 heteroatoms. The zero-order chi connectivity index (χ0) is 17.8. The summed E-state index contributed by atoms with van der Waals surface area (Å²) < 4.78 is 5.63. The quantitative estimate of drug-likeness (QED) is 0.928. The van der Waals surface area contributed by atoms with E-state index >= 15 is 0 Å². The maximum Gasteiger partial charge on any atom is 0.255 e. The van der Waals surface area contributed by atoms with Crippen molar-refractivity contribution < 1.29 is 14.3 Å². The smallest absolute Gasteiger partial charge is 0.255 e. The van der Waals surface area contributed by atoms with Crippen molar-refractivity contribution in [3.8, 4) is 11.6 Å². The number of carbonyl (C=O) groups is 2. The third-order valence-corrected chi connectivity index (χ3v) is 4.49. The number of nitrogens with zero attached hydrogens (tertiary/aromatic N) is 2. The van der Waals surface area contributed by atoms with Crippen LogP contribution in [0.25, 0.3) is 0 Å². The number of primary amides is 1. The van der Waals surface area contributed by atoms with E-state index in [4.69, 9.17) is 10.5 Å². The zero-order valence-electron chi connectivity index (χ0n) is 14.1. The van der Waals surface area contributed by atoms with Gasteiger partial charge >= 0.3 is 0 Å². The molecule has 0 bridgehead atoms. The molecule has 1 aliphatic heterocycles.